The molecule has 8 heteroatoms. The molecule has 132 valence electrons. The van der Waals surface area contributed by atoms with Crippen molar-refractivity contribution < 1.29 is 13.2 Å². The largest absolute Gasteiger partial charge is 0.336 e. The fourth-order valence-electron chi connectivity index (χ4n) is 2.69. The second-order valence-electron chi connectivity index (χ2n) is 5.61. The van der Waals surface area contributed by atoms with Gasteiger partial charge in [-0.1, -0.05) is 11.6 Å². The second-order valence-corrected chi connectivity index (χ2v) is 6.02. The van der Waals surface area contributed by atoms with Gasteiger partial charge in [-0.05, 0) is 31.2 Å². The van der Waals surface area contributed by atoms with E-state index in [4.69, 9.17) is 16.9 Å². The first-order chi connectivity index (χ1) is 12.3. The van der Waals surface area contributed by atoms with Crippen molar-refractivity contribution in [3.8, 4) is 17.2 Å². The van der Waals surface area contributed by atoms with E-state index in [1.807, 2.05) is 6.07 Å². The van der Waals surface area contributed by atoms with Crippen LogP contribution >= 0.6 is 11.6 Å². The number of nitriles is 1. The molecule has 0 spiro atoms. The van der Waals surface area contributed by atoms with Crippen molar-refractivity contribution in [1.29, 1.82) is 5.26 Å². The third-order valence-electron chi connectivity index (χ3n) is 3.84. The number of benzene rings is 2. The molecule has 3 aromatic rings. The zero-order chi connectivity index (χ0) is 19.0. The minimum absolute atomic E-state index is 0.147. The SMILES string of the molecule is Cc1nn(C)c(Nc2c(F)cc(F)cc2Cl)c1-c1ccc(C#N)cc1F. The van der Waals surface area contributed by atoms with E-state index in [2.05, 4.69) is 10.4 Å². The predicted molar refractivity (Wildman–Crippen MR) is 92.7 cm³/mol. The maximum absolute atomic E-state index is 14.5. The van der Waals surface area contributed by atoms with Gasteiger partial charge in [0.15, 0.2) is 5.82 Å². The Morgan fingerprint density at radius 2 is 1.88 bits per heavy atom. The van der Waals surface area contributed by atoms with Crippen molar-refractivity contribution in [2.45, 2.75) is 6.92 Å². The van der Waals surface area contributed by atoms with Gasteiger partial charge in [-0.25, -0.2) is 13.2 Å². The van der Waals surface area contributed by atoms with Gasteiger partial charge < -0.3 is 5.32 Å². The van der Waals surface area contributed by atoms with E-state index in [0.717, 1.165) is 12.1 Å². The molecule has 4 nitrogen and oxygen atoms in total. The van der Waals surface area contributed by atoms with Gasteiger partial charge in [-0.3, -0.25) is 4.68 Å². The average Bonchev–Trinajstić information content (AvgIpc) is 2.84. The van der Waals surface area contributed by atoms with Crippen LogP contribution in [0.3, 0.4) is 0 Å². The summed E-state index contributed by atoms with van der Waals surface area (Å²) < 4.78 is 43.3. The molecule has 0 fully saturated rings. The van der Waals surface area contributed by atoms with Gasteiger partial charge in [0.2, 0.25) is 0 Å². The predicted octanol–water partition coefficient (Wildman–Crippen LogP) is 5.08. The lowest BCUT2D eigenvalue weighted by atomic mass is 10.0. The van der Waals surface area contributed by atoms with Crippen LogP contribution in [-0.4, -0.2) is 9.78 Å². The Labute approximate surface area is 152 Å². The van der Waals surface area contributed by atoms with Crippen LogP contribution in [-0.2, 0) is 7.05 Å². The zero-order valence-electron chi connectivity index (χ0n) is 13.7. The van der Waals surface area contributed by atoms with Crippen LogP contribution in [0.25, 0.3) is 11.1 Å². The monoisotopic (exact) mass is 376 g/mol. The third kappa shape index (κ3) is 3.11. The maximum Gasteiger partial charge on any atom is 0.151 e. The fraction of sp³-hybridized carbons (Fsp3) is 0.111. The van der Waals surface area contributed by atoms with Gasteiger partial charge in [0, 0.05) is 18.7 Å². The van der Waals surface area contributed by atoms with Crippen LogP contribution in [0.5, 0.6) is 0 Å². The van der Waals surface area contributed by atoms with Crippen LogP contribution in [0.1, 0.15) is 11.3 Å². The molecule has 0 aliphatic rings. The van der Waals surface area contributed by atoms with Crippen molar-refractivity contribution in [3.63, 3.8) is 0 Å². The number of rotatable bonds is 3. The van der Waals surface area contributed by atoms with Crippen molar-refractivity contribution in [3.05, 3.63) is 64.1 Å². The minimum atomic E-state index is -0.889. The van der Waals surface area contributed by atoms with Crippen LogP contribution in [0.15, 0.2) is 30.3 Å². The molecule has 0 saturated carbocycles. The highest BCUT2D eigenvalue weighted by Gasteiger charge is 2.21. The molecule has 0 amide bonds. The minimum Gasteiger partial charge on any atom is -0.336 e. The summed E-state index contributed by atoms with van der Waals surface area (Å²) in [5.74, 6) is -2.04. The molecule has 0 unspecified atom stereocenters. The lowest BCUT2D eigenvalue weighted by molar-refractivity contribution is 0.586. The Kier molecular flexibility index (Phi) is 4.62. The van der Waals surface area contributed by atoms with Gasteiger partial charge in [-0.2, -0.15) is 10.4 Å². The van der Waals surface area contributed by atoms with Crippen molar-refractivity contribution >= 4 is 23.1 Å². The first-order valence-corrected chi connectivity index (χ1v) is 7.84. The van der Waals surface area contributed by atoms with E-state index in [9.17, 15) is 13.2 Å². The number of aromatic nitrogens is 2. The molecular formula is C18H12ClF3N4. The highest BCUT2D eigenvalue weighted by molar-refractivity contribution is 6.33. The van der Waals surface area contributed by atoms with Crippen molar-refractivity contribution in [2.24, 2.45) is 7.05 Å². The Hall–Kier alpha value is -2.98. The molecule has 2 aromatic carbocycles. The molecule has 3 rings (SSSR count). The molecule has 0 bridgehead atoms. The van der Waals surface area contributed by atoms with Crippen LogP contribution in [0.4, 0.5) is 24.7 Å². The summed E-state index contributed by atoms with van der Waals surface area (Å²) in [6.45, 7) is 1.67. The summed E-state index contributed by atoms with van der Waals surface area (Å²) >= 11 is 5.93. The quantitative estimate of drug-likeness (QED) is 0.693. The van der Waals surface area contributed by atoms with E-state index in [0.29, 0.717) is 17.3 Å². The molecule has 0 saturated heterocycles. The molecule has 0 aliphatic heterocycles. The molecule has 0 aliphatic carbocycles. The van der Waals surface area contributed by atoms with Gasteiger partial charge in [-0.15, -0.1) is 0 Å². The Morgan fingerprint density at radius 3 is 2.50 bits per heavy atom. The number of aryl methyl sites for hydroxylation is 2. The number of nitrogens with zero attached hydrogens (tertiary/aromatic N) is 3. The normalized spacial score (nSPS) is 10.7. The third-order valence-corrected chi connectivity index (χ3v) is 4.14. The van der Waals surface area contributed by atoms with E-state index in [1.165, 1.54) is 16.8 Å². The Balaban J connectivity index is 2.15. The standard InChI is InChI=1S/C18H12ClF3N4/c1-9-16(12-4-3-10(8-23)5-14(12)21)18(26(2)25-9)24-17-13(19)6-11(20)7-15(17)22/h3-7,24H,1-2H3. The van der Waals surface area contributed by atoms with E-state index in [-0.39, 0.29) is 27.7 Å². The van der Waals surface area contributed by atoms with E-state index >= 15 is 0 Å². The maximum atomic E-state index is 14.5. The summed E-state index contributed by atoms with van der Waals surface area (Å²) in [5, 5.41) is 15.7. The van der Waals surface area contributed by atoms with Gasteiger partial charge in [0.25, 0.3) is 0 Å². The van der Waals surface area contributed by atoms with Gasteiger partial charge >= 0.3 is 0 Å². The second kappa shape index (κ2) is 6.73. The number of nitrogens with one attached hydrogen (secondary N) is 1. The van der Waals surface area contributed by atoms with E-state index in [1.54, 1.807) is 14.0 Å². The van der Waals surface area contributed by atoms with Gasteiger partial charge in [0.1, 0.15) is 17.5 Å². The fourth-order valence-corrected chi connectivity index (χ4v) is 2.93. The van der Waals surface area contributed by atoms with Crippen molar-refractivity contribution in [1.82, 2.24) is 9.78 Å². The molecule has 0 radical (unpaired) electrons. The summed E-state index contributed by atoms with van der Waals surface area (Å²) in [7, 11) is 1.59. The Bertz CT molecular complexity index is 1030. The number of hydrogen-bond acceptors (Lipinski definition) is 3. The summed E-state index contributed by atoms with van der Waals surface area (Å²) in [5.41, 5.74) is 1.09. The molecule has 1 heterocycles. The van der Waals surface area contributed by atoms with Gasteiger partial charge in [0.05, 0.1) is 33.6 Å². The first kappa shape index (κ1) is 17.8. The first-order valence-electron chi connectivity index (χ1n) is 7.47. The number of halogens is 4. The molecule has 1 aromatic heterocycles. The summed E-state index contributed by atoms with van der Waals surface area (Å²) in [6, 6.07) is 7.56. The molecule has 26 heavy (non-hydrogen) atoms. The van der Waals surface area contributed by atoms with Crippen LogP contribution < -0.4 is 5.32 Å². The summed E-state index contributed by atoms with van der Waals surface area (Å²) in [4.78, 5) is 0. The molecular weight excluding hydrogens is 365 g/mol. The number of anilines is 2. The highest BCUT2D eigenvalue weighted by atomic mass is 35.5. The smallest absolute Gasteiger partial charge is 0.151 e. The van der Waals surface area contributed by atoms with E-state index < -0.39 is 17.5 Å². The Morgan fingerprint density at radius 1 is 1.15 bits per heavy atom. The zero-order valence-corrected chi connectivity index (χ0v) is 14.5. The van der Waals surface area contributed by atoms with Crippen molar-refractivity contribution in [2.75, 3.05) is 5.32 Å². The highest BCUT2D eigenvalue weighted by Crippen LogP contribution is 2.37. The van der Waals surface area contributed by atoms with Crippen LogP contribution in [0, 0.1) is 35.7 Å². The number of hydrogen-bond donors (Lipinski definition) is 1. The lowest BCUT2D eigenvalue weighted by Gasteiger charge is -2.13. The molecule has 0 atom stereocenters. The van der Waals surface area contributed by atoms with Crippen LogP contribution in [0.2, 0.25) is 5.02 Å². The molecule has 1 N–H and O–H groups in total. The lowest BCUT2D eigenvalue weighted by Crippen LogP contribution is -2.03. The summed E-state index contributed by atoms with van der Waals surface area (Å²) in [6.07, 6.45) is 0. The average molecular weight is 377 g/mol. The topological polar surface area (TPSA) is 53.6 Å².